The Kier molecular flexibility index (Phi) is 5.53. The molecule has 1 saturated heterocycles. The molecule has 25 heavy (non-hydrogen) atoms. The molecule has 1 heterocycles. The average molecular weight is 369 g/mol. The maximum absolute atomic E-state index is 12.8. The summed E-state index contributed by atoms with van der Waals surface area (Å²) in [4.78, 5) is 13.6. The van der Waals surface area contributed by atoms with Crippen LogP contribution in [0.5, 0.6) is 5.75 Å². The van der Waals surface area contributed by atoms with Crippen molar-refractivity contribution in [3.8, 4) is 5.75 Å². The van der Waals surface area contributed by atoms with E-state index in [1.807, 2.05) is 6.92 Å². The van der Waals surface area contributed by atoms with Crippen molar-refractivity contribution in [1.29, 1.82) is 0 Å². The van der Waals surface area contributed by atoms with E-state index in [0.29, 0.717) is 18.7 Å². The molecule has 140 valence electrons. The van der Waals surface area contributed by atoms with Gasteiger partial charge in [0.15, 0.2) is 6.61 Å². The van der Waals surface area contributed by atoms with E-state index in [1.165, 1.54) is 4.90 Å². The number of likely N-dealkylation sites (tertiary alicyclic amines) is 1. The number of carbonyl (C=O) groups is 1. The smallest absolute Gasteiger partial charge is 0.416 e. The number of halogens is 6. The first kappa shape index (κ1) is 19.4. The number of ether oxygens (including phenoxy) is 1. The molecule has 1 amide bonds. The summed E-state index contributed by atoms with van der Waals surface area (Å²) in [6.07, 6.45) is -7.34. The van der Waals surface area contributed by atoms with Gasteiger partial charge in [-0.3, -0.25) is 4.79 Å². The summed E-state index contributed by atoms with van der Waals surface area (Å²) >= 11 is 0. The predicted molar refractivity (Wildman–Crippen MR) is 77.0 cm³/mol. The minimum Gasteiger partial charge on any atom is -0.484 e. The van der Waals surface area contributed by atoms with Gasteiger partial charge in [-0.2, -0.15) is 26.3 Å². The van der Waals surface area contributed by atoms with Crippen LogP contribution in [-0.2, 0) is 17.1 Å². The van der Waals surface area contributed by atoms with Gasteiger partial charge in [0.1, 0.15) is 5.75 Å². The largest absolute Gasteiger partial charge is 0.484 e. The van der Waals surface area contributed by atoms with E-state index in [9.17, 15) is 31.1 Å². The van der Waals surface area contributed by atoms with Gasteiger partial charge in [-0.15, -0.1) is 0 Å². The third-order valence-electron chi connectivity index (χ3n) is 4.05. The number of hydrogen-bond acceptors (Lipinski definition) is 2. The van der Waals surface area contributed by atoms with Gasteiger partial charge >= 0.3 is 12.4 Å². The van der Waals surface area contributed by atoms with Crippen molar-refractivity contribution in [3.63, 3.8) is 0 Å². The predicted octanol–water partition coefficient (Wildman–Crippen LogP) is 4.50. The summed E-state index contributed by atoms with van der Waals surface area (Å²) in [6.45, 7) is 1.73. The molecular weight excluding hydrogens is 352 g/mol. The highest BCUT2D eigenvalue weighted by Gasteiger charge is 2.37. The molecule has 2 rings (SSSR count). The lowest BCUT2D eigenvalue weighted by Crippen LogP contribution is -2.44. The number of rotatable bonds is 3. The van der Waals surface area contributed by atoms with Crippen LogP contribution in [0.2, 0.25) is 0 Å². The van der Waals surface area contributed by atoms with E-state index in [4.69, 9.17) is 4.74 Å². The van der Waals surface area contributed by atoms with Gasteiger partial charge < -0.3 is 9.64 Å². The van der Waals surface area contributed by atoms with Gasteiger partial charge in [-0.25, -0.2) is 0 Å². The third kappa shape index (κ3) is 5.02. The second-order valence-electron chi connectivity index (χ2n) is 5.96. The van der Waals surface area contributed by atoms with E-state index >= 15 is 0 Å². The molecule has 0 aliphatic carbocycles. The van der Waals surface area contributed by atoms with Crippen LogP contribution in [-0.4, -0.2) is 30.0 Å². The van der Waals surface area contributed by atoms with Crippen LogP contribution in [0.4, 0.5) is 26.3 Å². The summed E-state index contributed by atoms with van der Waals surface area (Å²) in [5.74, 6) is -1.10. The molecule has 3 nitrogen and oxygen atoms in total. The van der Waals surface area contributed by atoms with Gasteiger partial charge in [0, 0.05) is 12.6 Å². The third-order valence-corrected chi connectivity index (χ3v) is 4.05. The van der Waals surface area contributed by atoms with Gasteiger partial charge in [-0.05, 0) is 44.4 Å². The van der Waals surface area contributed by atoms with E-state index in [-0.39, 0.29) is 12.1 Å². The Morgan fingerprint density at radius 1 is 1.08 bits per heavy atom. The number of carbonyl (C=O) groups excluding carboxylic acids is 1. The van der Waals surface area contributed by atoms with E-state index < -0.39 is 41.7 Å². The Labute approximate surface area is 140 Å². The monoisotopic (exact) mass is 369 g/mol. The van der Waals surface area contributed by atoms with Gasteiger partial charge in [-0.1, -0.05) is 0 Å². The molecule has 1 atom stereocenters. The number of benzene rings is 1. The second kappa shape index (κ2) is 7.13. The van der Waals surface area contributed by atoms with E-state index in [0.717, 1.165) is 19.3 Å². The van der Waals surface area contributed by atoms with Gasteiger partial charge in [0.05, 0.1) is 11.1 Å². The SMILES string of the molecule is CC1CCCCN1C(=O)COc1cc(C(F)(F)F)cc(C(F)(F)F)c1. The average Bonchev–Trinajstić information content (AvgIpc) is 2.51. The molecule has 1 aliphatic heterocycles. The molecule has 1 aromatic rings. The van der Waals surface area contributed by atoms with Crippen molar-refractivity contribution in [2.24, 2.45) is 0 Å². The molecule has 0 spiro atoms. The Balaban J connectivity index is 2.16. The number of nitrogens with zero attached hydrogens (tertiary/aromatic N) is 1. The molecule has 0 N–H and O–H groups in total. The summed E-state index contributed by atoms with van der Waals surface area (Å²) in [5.41, 5.74) is -2.95. The molecule has 0 saturated carbocycles. The van der Waals surface area contributed by atoms with Gasteiger partial charge in [0.2, 0.25) is 0 Å². The van der Waals surface area contributed by atoms with Crippen molar-refractivity contribution >= 4 is 5.91 Å². The minimum absolute atomic E-state index is 0.0153. The van der Waals surface area contributed by atoms with Crippen LogP contribution in [0.3, 0.4) is 0 Å². The summed E-state index contributed by atoms with van der Waals surface area (Å²) in [7, 11) is 0. The molecule has 1 aromatic carbocycles. The van der Waals surface area contributed by atoms with Crippen LogP contribution in [0.15, 0.2) is 18.2 Å². The Bertz CT molecular complexity index is 594. The Hall–Kier alpha value is -1.93. The normalized spacial score (nSPS) is 19.0. The molecule has 0 aromatic heterocycles. The quantitative estimate of drug-likeness (QED) is 0.734. The van der Waals surface area contributed by atoms with Crippen LogP contribution >= 0.6 is 0 Å². The van der Waals surface area contributed by atoms with Crippen molar-refractivity contribution in [2.75, 3.05) is 13.2 Å². The van der Waals surface area contributed by atoms with Crippen LogP contribution in [0.1, 0.15) is 37.3 Å². The number of piperidine rings is 1. The second-order valence-corrected chi connectivity index (χ2v) is 5.96. The maximum Gasteiger partial charge on any atom is 0.416 e. The lowest BCUT2D eigenvalue weighted by molar-refractivity contribution is -0.143. The van der Waals surface area contributed by atoms with Crippen LogP contribution < -0.4 is 4.74 Å². The molecule has 9 heteroatoms. The van der Waals surface area contributed by atoms with Crippen molar-refractivity contribution < 1.29 is 35.9 Å². The fraction of sp³-hybridized carbons (Fsp3) is 0.562. The number of amides is 1. The molecular formula is C16H17F6NO2. The number of alkyl halides is 6. The Morgan fingerprint density at radius 2 is 1.64 bits per heavy atom. The van der Waals surface area contributed by atoms with Gasteiger partial charge in [0.25, 0.3) is 5.91 Å². The first-order valence-electron chi connectivity index (χ1n) is 7.70. The topological polar surface area (TPSA) is 29.5 Å². The standard InChI is InChI=1S/C16H17F6NO2/c1-10-4-2-3-5-23(10)14(24)9-25-13-7-11(15(17,18)19)6-12(8-13)16(20,21)22/h6-8,10H,2-5,9H2,1H3. The lowest BCUT2D eigenvalue weighted by Gasteiger charge is -2.33. The minimum atomic E-state index is -4.95. The highest BCUT2D eigenvalue weighted by molar-refractivity contribution is 5.78. The van der Waals surface area contributed by atoms with Crippen LogP contribution in [0.25, 0.3) is 0 Å². The molecule has 1 aliphatic rings. The zero-order valence-electron chi connectivity index (χ0n) is 13.4. The highest BCUT2D eigenvalue weighted by atomic mass is 19.4. The van der Waals surface area contributed by atoms with E-state index in [2.05, 4.69) is 0 Å². The zero-order valence-corrected chi connectivity index (χ0v) is 13.4. The molecule has 1 fully saturated rings. The lowest BCUT2D eigenvalue weighted by atomic mass is 10.0. The maximum atomic E-state index is 12.8. The van der Waals surface area contributed by atoms with Crippen molar-refractivity contribution in [1.82, 2.24) is 4.90 Å². The molecule has 0 radical (unpaired) electrons. The summed E-state index contributed by atoms with van der Waals surface area (Å²) in [5, 5.41) is 0. The number of hydrogen-bond donors (Lipinski definition) is 0. The zero-order chi connectivity index (χ0) is 18.8. The van der Waals surface area contributed by atoms with Crippen molar-refractivity contribution in [3.05, 3.63) is 29.3 Å². The summed E-state index contributed by atoms with van der Waals surface area (Å²) in [6, 6.07) is 0.906. The van der Waals surface area contributed by atoms with Crippen LogP contribution in [0, 0.1) is 0 Å². The molecule has 0 bridgehead atoms. The first-order valence-corrected chi connectivity index (χ1v) is 7.70. The molecule has 1 unspecified atom stereocenters. The fourth-order valence-corrected chi connectivity index (χ4v) is 2.71. The first-order chi connectivity index (χ1) is 11.5. The van der Waals surface area contributed by atoms with Crippen molar-refractivity contribution in [2.45, 2.75) is 44.6 Å². The fourth-order valence-electron chi connectivity index (χ4n) is 2.71. The Morgan fingerprint density at radius 3 is 2.12 bits per heavy atom. The summed E-state index contributed by atoms with van der Waals surface area (Å²) < 4.78 is 81.6. The van der Waals surface area contributed by atoms with E-state index in [1.54, 1.807) is 0 Å². The highest BCUT2D eigenvalue weighted by Crippen LogP contribution is 2.38.